The van der Waals surface area contributed by atoms with Crippen LogP contribution in [-0.4, -0.2) is 59.1 Å². The summed E-state index contributed by atoms with van der Waals surface area (Å²) in [4.78, 5) is 37.4. The molecule has 1 saturated heterocycles. The van der Waals surface area contributed by atoms with E-state index >= 15 is 0 Å². The highest BCUT2D eigenvalue weighted by Crippen LogP contribution is 2.44. The summed E-state index contributed by atoms with van der Waals surface area (Å²) in [7, 11) is 0. The van der Waals surface area contributed by atoms with Crippen LogP contribution in [0.1, 0.15) is 49.7 Å². The number of ether oxygens (including phenoxy) is 1. The van der Waals surface area contributed by atoms with E-state index in [1.165, 1.54) is 0 Å². The average Bonchev–Trinajstić information content (AvgIpc) is 3.32. The zero-order valence-corrected chi connectivity index (χ0v) is 19.4. The second kappa shape index (κ2) is 10.0. The van der Waals surface area contributed by atoms with Gasteiger partial charge in [-0.3, -0.25) is 4.79 Å². The third kappa shape index (κ3) is 5.28. The summed E-state index contributed by atoms with van der Waals surface area (Å²) in [6, 6.07) is 13.6. The van der Waals surface area contributed by atoms with Gasteiger partial charge in [-0.25, -0.2) is 18.4 Å². The van der Waals surface area contributed by atoms with Crippen molar-refractivity contribution in [3.05, 3.63) is 59.7 Å². The standard InChI is InChI=1S/C26H28F2N2O5/c1-2-7-16(12-23(31)30-15-26(27,28)13-22(30)24(32)33)29-25(34)35-14-21-19-10-5-3-8-17(19)18-9-4-6-11-20(18)21/h3-6,8-11,16,21-22H,2,7,12-15H2,1H3,(H,29,34)(H,32,33)/t16-,22-/m1/s1. The lowest BCUT2D eigenvalue weighted by Crippen LogP contribution is -2.45. The summed E-state index contributed by atoms with van der Waals surface area (Å²) in [6.07, 6.45) is -0.859. The first-order chi connectivity index (χ1) is 16.7. The van der Waals surface area contributed by atoms with Gasteiger partial charge in [0.05, 0.1) is 6.54 Å². The maximum atomic E-state index is 13.8. The smallest absolute Gasteiger partial charge is 0.407 e. The summed E-state index contributed by atoms with van der Waals surface area (Å²) >= 11 is 0. The van der Waals surface area contributed by atoms with Crippen molar-refractivity contribution in [2.75, 3.05) is 13.2 Å². The monoisotopic (exact) mass is 486 g/mol. The van der Waals surface area contributed by atoms with Crippen LogP contribution in [0, 0.1) is 0 Å². The number of amides is 2. The summed E-state index contributed by atoms with van der Waals surface area (Å²) in [5.74, 6) is -5.57. The molecule has 186 valence electrons. The number of carboxylic acid groups (broad SMARTS) is 1. The molecule has 0 aromatic heterocycles. The number of benzene rings is 2. The van der Waals surface area contributed by atoms with E-state index in [2.05, 4.69) is 5.32 Å². The summed E-state index contributed by atoms with van der Waals surface area (Å²) in [5, 5.41) is 11.9. The zero-order valence-electron chi connectivity index (χ0n) is 19.4. The van der Waals surface area contributed by atoms with Crippen molar-refractivity contribution in [1.29, 1.82) is 0 Å². The number of alkyl halides is 2. The number of nitrogens with zero attached hydrogens (tertiary/aromatic N) is 1. The lowest BCUT2D eigenvalue weighted by molar-refractivity contribution is -0.148. The van der Waals surface area contributed by atoms with Crippen LogP contribution in [-0.2, 0) is 14.3 Å². The van der Waals surface area contributed by atoms with Crippen LogP contribution in [0.4, 0.5) is 13.6 Å². The van der Waals surface area contributed by atoms with Crippen molar-refractivity contribution in [2.24, 2.45) is 0 Å². The molecule has 1 aliphatic heterocycles. The lowest BCUT2D eigenvalue weighted by Gasteiger charge is -2.24. The summed E-state index contributed by atoms with van der Waals surface area (Å²) in [6.45, 7) is 1.03. The van der Waals surface area contributed by atoms with Crippen molar-refractivity contribution in [1.82, 2.24) is 10.2 Å². The Hall–Kier alpha value is -3.49. The van der Waals surface area contributed by atoms with Gasteiger partial charge in [0.25, 0.3) is 5.92 Å². The number of carbonyl (C=O) groups is 3. The summed E-state index contributed by atoms with van der Waals surface area (Å²) < 4.78 is 33.1. The van der Waals surface area contributed by atoms with Crippen LogP contribution in [0.15, 0.2) is 48.5 Å². The number of hydrogen-bond donors (Lipinski definition) is 2. The maximum Gasteiger partial charge on any atom is 0.407 e. The molecule has 2 N–H and O–H groups in total. The second-order valence-corrected chi connectivity index (χ2v) is 9.10. The zero-order chi connectivity index (χ0) is 25.2. The molecule has 2 amide bonds. The van der Waals surface area contributed by atoms with E-state index in [4.69, 9.17) is 4.74 Å². The van der Waals surface area contributed by atoms with Gasteiger partial charge in [0, 0.05) is 24.8 Å². The molecule has 0 radical (unpaired) electrons. The fourth-order valence-electron chi connectivity index (χ4n) is 5.01. The van der Waals surface area contributed by atoms with Gasteiger partial charge in [-0.05, 0) is 28.7 Å². The third-order valence-electron chi connectivity index (χ3n) is 6.60. The van der Waals surface area contributed by atoms with Crippen LogP contribution in [0.5, 0.6) is 0 Å². The highest BCUT2D eigenvalue weighted by atomic mass is 19.3. The fourth-order valence-corrected chi connectivity index (χ4v) is 5.01. The van der Waals surface area contributed by atoms with E-state index in [0.29, 0.717) is 17.7 Å². The molecule has 1 aliphatic carbocycles. The first-order valence-corrected chi connectivity index (χ1v) is 11.7. The molecule has 35 heavy (non-hydrogen) atoms. The highest BCUT2D eigenvalue weighted by molar-refractivity contribution is 5.85. The number of alkyl carbamates (subject to hydrolysis) is 1. The third-order valence-corrected chi connectivity index (χ3v) is 6.60. The number of carboxylic acids is 1. The van der Waals surface area contributed by atoms with Crippen LogP contribution < -0.4 is 5.32 Å². The Morgan fingerprint density at radius 3 is 2.29 bits per heavy atom. The van der Waals surface area contributed by atoms with E-state index in [1.807, 2.05) is 55.5 Å². The highest BCUT2D eigenvalue weighted by Gasteiger charge is 2.50. The molecule has 0 spiro atoms. The molecule has 1 fully saturated rings. The molecule has 1 heterocycles. The predicted octanol–water partition coefficient (Wildman–Crippen LogP) is 4.40. The first-order valence-electron chi connectivity index (χ1n) is 11.7. The SMILES string of the molecule is CCC[C@H](CC(=O)N1CC(F)(F)C[C@@H]1C(=O)O)NC(=O)OCC1c2ccccc2-c2ccccc21. The lowest BCUT2D eigenvalue weighted by atomic mass is 9.98. The van der Waals surface area contributed by atoms with Crippen molar-refractivity contribution < 1.29 is 33.0 Å². The van der Waals surface area contributed by atoms with Gasteiger partial charge in [0.1, 0.15) is 12.6 Å². The predicted molar refractivity (Wildman–Crippen MR) is 124 cm³/mol. The number of likely N-dealkylation sites (tertiary alicyclic amines) is 1. The maximum absolute atomic E-state index is 13.8. The van der Waals surface area contributed by atoms with Crippen molar-refractivity contribution >= 4 is 18.0 Å². The molecule has 9 heteroatoms. The molecule has 4 rings (SSSR count). The van der Waals surface area contributed by atoms with Gasteiger partial charge >= 0.3 is 12.1 Å². The Balaban J connectivity index is 1.38. The molecular formula is C26H28F2N2O5. The van der Waals surface area contributed by atoms with Crippen LogP contribution in [0.2, 0.25) is 0 Å². The van der Waals surface area contributed by atoms with Crippen LogP contribution >= 0.6 is 0 Å². The number of halogens is 2. The summed E-state index contributed by atoms with van der Waals surface area (Å²) in [5.41, 5.74) is 4.33. The largest absolute Gasteiger partial charge is 0.480 e. The number of nitrogens with one attached hydrogen (secondary N) is 1. The minimum Gasteiger partial charge on any atom is -0.480 e. The Kier molecular flexibility index (Phi) is 7.05. The molecule has 0 bridgehead atoms. The Labute approximate surface area is 202 Å². The number of aliphatic carboxylic acids is 1. The van der Waals surface area contributed by atoms with Gasteiger partial charge < -0.3 is 20.1 Å². The van der Waals surface area contributed by atoms with Gasteiger partial charge in [-0.2, -0.15) is 0 Å². The minimum atomic E-state index is -3.25. The normalized spacial score (nSPS) is 19.1. The Morgan fingerprint density at radius 1 is 1.11 bits per heavy atom. The average molecular weight is 487 g/mol. The van der Waals surface area contributed by atoms with E-state index in [1.54, 1.807) is 0 Å². The van der Waals surface area contributed by atoms with Crippen LogP contribution in [0.3, 0.4) is 0 Å². The van der Waals surface area contributed by atoms with Gasteiger partial charge in [-0.1, -0.05) is 61.9 Å². The number of rotatable bonds is 8. The molecule has 0 saturated carbocycles. The van der Waals surface area contributed by atoms with E-state index in [9.17, 15) is 28.3 Å². The first kappa shape index (κ1) is 24.6. The van der Waals surface area contributed by atoms with Gasteiger partial charge in [0.2, 0.25) is 5.91 Å². The molecule has 7 nitrogen and oxygen atoms in total. The number of fused-ring (bicyclic) bond motifs is 3. The van der Waals surface area contributed by atoms with Crippen LogP contribution in [0.25, 0.3) is 11.1 Å². The van der Waals surface area contributed by atoms with Crippen molar-refractivity contribution in [3.8, 4) is 11.1 Å². The number of hydrogen-bond acceptors (Lipinski definition) is 4. The molecule has 0 unspecified atom stereocenters. The fraction of sp³-hybridized carbons (Fsp3) is 0.423. The van der Waals surface area contributed by atoms with Gasteiger partial charge in [-0.15, -0.1) is 0 Å². The van der Waals surface area contributed by atoms with Gasteiger partial charge in [0.15, 0.2) is 0 Å². The van der Waals surface area contributed by atoms with Crippen molar-refractivity contribution in [2.45, 2.75) is 56.5 Å². The number of carbonyl (C=O) groups excluding carboxylic acids is 2. The van der Waals surface area contributed by atoms with Crippen molar-refractivity contribution in [3.63, 3.8) is 0 Å². The Morgan fingerprint density at radius 2 is 1.71 bits per heavy atom. The van der Waals surface area contributed by atoms with E-state index in [-0.39, 0.29) is 18.9 Å². The van der Waals surface area contributed by atoms with E-state index < -0.39 is 48.9 Å². The molecular weight excluding hydrogens is 458 g/mol. The molecule has 2 aliphatic rings. The van der Waals surface area contributed by atoms with E-state index in [0.717, 1.165) is 22.3 Å². The Bertz CT molecular complexity index is 1080. The quantitative estimate of drug-likeness (QED) is 0.577. The topological polar surface area (TPSA) is 95.9 Å². The minimum absolute atomic E-state index is 0.103. The molecule has 2 aromatic rings. The molecule has 2 aromatic carbocycles. The second-order valence-electron chi connectivity index (χ2n) is 9.10. The molecule has 2 atom stereocenters.